The topological polar surface area (TPSA) is 25.4 Å². The van der Waals surface area contributed by atoms with Crippen LogP contribution in [0.25, 0.3) is 0 Å². The third kappa shape index (κ3) is 4.65. The molecular formula is C19H24N2O. The lowest BCUT2D eigenvalue weighted by atomic mass is 10.0. The summed E-state index contributed by atoms with van der Waals surface area (Å²) in [4.78, 5) is 6.57. The van der Waals surface area contributed by atoms with Crippen LogP contribution >= 0.6 is 0 Å². The van der Waals surface area contributed by atoms with Gasteiger partial charge in [0, 0.05) is 32.0 Å². The molecule has 116 valence electrons. The molecule has 1 unspecified atom stereocenters. The van der Waals surface area contributed by atoms with Gasteiger partial charge in [-0.05, 0) is 42.5 Å². The van der Waals surface area contributed by atoms with Crippen LogP contribution in [0.5, 0.6) is 0 Å². The van der Waals surface area contributed by atoms with E-state index in [1.807, 2.05) is 12.4 Å². The smallest absolute Gasteiger partial charge is 0.0702 e. The molecule has 0 spiro atoms. The van der Waals surface area contributed by atoms with Crippen molar-refractivity contribution in [1.29, 1.82) is 0 Å². The van der Waals surface area contributed by atoms with E-state index < -0.39 is 0 Å². The monoisotopic (exact) mass is 296 g/mol. The van der Waals surface area contributed by atoms with Crippen molar-refractivity contribution < 1.29 is 4.74 Å². The fourth-order valence-corrected chi connectivity index (χ4v) is 3.02. The molecule has 0 amide bonds. The molecule has 3 rings (SSSR count). The van der Waals surface area contributed by atoms with Gasteiger partial charge in [-0.2, -0.15) is 0 Å². The van der Waals surface area contributed by atoms with Crippen molar-refractivity contribution in [2.75, 3.05) is 19.7 Å². The predicted molar refractivity (Wildman–Crippen MR) is 88.6 cm³/mol. The fourth-order valence-electron chi connectivity index (χ4n) is 3.02. The second-order valence-electron chi connectivity index (χ2n) is 5.96. The summed E-state index contributed by atoms with van der Waals surface area (Å²) in [6.07, 6.45) is 7.59. The average Bonchev–Trinajstić information content (AvgIpc) is 2.57. The van der Waals surface area contributed by atoms with Gasteiger partial charge < -0.3 is 4.74 Å². The first kappa shape index (κ1) is 15.2. The number of hydrogen-bond donors (Lipinski definition) is 0. The number of benzene rings is 1. The lowest BCUT2D eigenvalue weighted by molar-refractivity contribution is -0.0355. The summed E-state index contributed by atoms with van der Waals surface area (Å²) in [6, 6.07) is 14.9. The fraction of sp³-hybridized carbons (Fsp3) is 0.421. The van der Waals surface area contributed by atoms with E-state index in [0.717, 1.165) is 39.1 Å². The van der Waals surface area contributed by atoms with Gasteiger partial charge in [0.2, 0.25) is 0 Å². The third-order valence-corrected chi connectivity index (χ3v) is 4.21. The number of morpholine rings is 1. The average molecular weight is 296 g/mol. The van der Waals surface area contributed by atoms with Crippen molar-refractivity contribution in [3.8, 4) is 0 Å². The normalized spacial score (nSPS) is 19.2. The van der Waals surface area contributed by atoms with Gasteiger partial charge in [0.1, 0.15) is 0 Å². The Hall–Kier alpha value is -1.71. The molecule has 1 aromatic carbocycles. The third-order valence-electron chi connectivity index (χ3n) is 4.21. The van der Waals surface area contributed by atoms with Crippen LogP contribution in [0.4, 0.5) is 0 Å². The summed E-state index contributed by atoms with van der Waals surface area (Å²) >= 11 is 0. The van der Waals surface area contributed by atoms with E-state index in [9.17, 15) is 0 Å². The van der Waals surface area contributed by atoms with Crippen molar-refractivity contribution >= 4 is 0 Å². The molecule has 2 aromatic rings. The molecule has 3 heteroatoms. The summed E-state index contributed by atoms with van der Waals surface area (Å²) in [5.41, 5.74) is 2.76. The Bertz CT molecular complexity index is 544. The molecule has 1 aliphatic rings. The molecule has 0 bridgehead atoms. The predicted octanol–water partition coefficient (Wildman–Crippen LogP) is 3.31. The molecular weight excluding hydrogens is 272 g/mol. The van der Waals surface area contributed by atoms with Crippen LogP contribution in [0.15, 0.2) is 54.9 Å². The Kier molecular flexibility index (Phi) is 5.57. The number of hydrogen-bond acceptors (Lipinski definition) is 3. The van der Waals surface area contributed by atoms with Crippen molar-refractivity contribution in [1.82, 2.24) is 9.88 Å². The number of aryl methyl sites for hydroxylation is 1. The first-order valence-electron chi connectivity index (χ1n) is 8.17. The molecule has 3 nitrogen and oxygen atoms in total. The minimum Gasteiger partial charge on any atom is -0.376 e. The first-order chi connectivity index (χ1) is 10.9. The van der Waals surface area contributed by atoms with Crippen LogP contribution in [0.2, 0.25) is 0 Å². The highest BCUT2D eigenvalue weighted by molar-refractivity contribution is 5.14. The van der Waals surface area contributed by atoms with Crippen molar-refractivity contribution in [2.24, 2.45) is 0 Å². The van der Waals surface area contributed by atoms with Gasteiger partial charge in [-0.15, -0.1) is 0 Å². The number of rotatable bonds is 6. The van der Waals surface area contributed by atoms with Crippen LogP contribution in [-0.4, -0.2) is 35.7 Å². The maximum absolute atomic E-state index is 5.93. The van der Waals surface area contributed by atoms with E-state index in [-0.39, 0.29) is 0 Å². The zero-order valence-corrected chi connectivity index (χ0v) is 13.0. The van der Waals surface area contributed by atoms with E-state index in [4.69, 9.17) is 4.74 Å². The van der Waals surface area contributed by atoms with Gasteiger partial charge in [-0.3, -0.25) is 9.88 Å². The zero-order chi connectivity index (χ0) is 15.0. The lowest BCUT2D eigenvalue weighted by Crippen LogP contribution is -2.41. The van der Waals surface area contributed by atoms with Gasteiger partial charge >= 0.3 is 0 Å². The van der Waals surface area contributed by atoms with Crippen LogP contribution in [0.3, 0.4) is 0 Å². The molecule has 2 heterocycles. The van der Waals surface area contributed by atoms with Gasteiger partial charge in [-0.1, -0.05) is 30.3 Å². The molecule has 22 heavy (non-hydrogen) atoms. The summed E-state index contributed by atoms with van der Waals surface area (Å²) in [5, 5.41) is 0. The summed E-state index contributed by atoms with van der Waals surface area (Å²) < 4.78 is 5.93. The van der Waals surface area contributed by atoms with Gasteiger partial charge in [-0.25, -0.2) is 0 Å². The van der Waals surface area contributed by atoms with E-state index in [0.29, 0.717) is 6.10 Å². The van der Waals surface area contributed by atoms with E-state index in [2.05, 4.69) is 52.3 Å². The molecule has 1 saturated heterocycles. The highest BCUT2D eigenvalue weighted by Crippen LogP contribution is 2.15. The van der Waals surface area contributed by atoms with Crippen LogP contribution in [0, 0.1) is 0 Å². The molecule has 0 radical (unpaired) electrons. The number of pyridine rings is 1. The van der Waals surface area contributed by atoms with E-state index in [1.54, 1.807) is 0 Å². The van der Waals surface area contributed by atoms with Crippen molar-refractivity contribution in [3.63, 3.8) is 0 Å². The summed E-state index contributed by atoms with van der Waals surface area (Å²) in [7, 11) is 0. The molecule has 0 N–H and O–H groups in total. The minimum atomic E-state index is 0.374. The van der Waals surface area contributed by atoms with Crippen molar-refractivity contribution in [3.05, 3.63) is 66.0 Å². The molecule has 0 saturated carbocycles. The molecule has 1 atom stereocenters. The maximum atomic E-state index is 5.93. The van der Waals surface area contributed by atoms with Crippen LogP contribution in [-0.2, 0) is 17.7 Å². The second-order valence-corrected chi connectivity index (χ2v) is 5.96. The maximum Gasteiger partial charge on any atom is 0.0702 e. The first-order valence-corrected chi connectivity index (χ1v) is 8.17. The van der Waals surface area contributed by atoms with Gasteiger partial charge in [0.15, 0.2) is 0 Å². The molecule has 1 aliphatic heterocycles. The Balaban J connectivity index is 1.42. The van der Waals surface area contributed by atoms with Gasteiger partial charge in [0.25, 0.3) is 0 Å². The Morgan fingerprint density at radius 2 is 1.86 bits per heavy atom. The Labute approximate surface area is 132 Å². The summed E-state index contributed by atoms with van der Waals surface area (Å²) in [5.74, 6) is 0. The van der Waals surface area contributed by atoms with Crippen molar-refractivity contribution in [2.45, 2.75) is 31.9 Å². The number of aromatic nitrogens is 1. The molecule has 1 fully saturated rings. The van der Waals surface area contributed by atoms with E-state index in [1.165, 1.54) is 17.5 Å². The zero-order valence-electron chi connectivity index (χ0n) is 13.0. The van der Waals surface area contributed by atoms with Crippen LogP contribution < -0.4 is 0 Å². The highest BCUT2D eigenvalue weighted by Gasteiger charge is 2.20. The molecule has 0 aliphatic carbocycles. The Morgan fingerprint density at radius 3 is 2.68 bits per heavy atom. The molecule has 1 aromatic heterocycles. The number of nitrogens with zero attached hydrogens (tertiary/aromatic N) is 2. The van der Waals surface area contributed by atoms with E-state index >= 15 is 0 Å². The highest BCUT2D eigenvalue weighted by atomic mass is 16.5. The van der Waals surface area contributed by atoms with Gasteiger partial charge in [0.05, 0.1) is 12.7 Å². The largest absolute Gasteiger partial charge is 0.376 e. The number of ether oxygens (including phenoxy) is 1. The minimum absolute atomic E-state index is 0.374. The standard InChI is InChI=1S/C19H24N2O/c1-2-5-17(6-3-1)7-4-8-19-16-21(13-14-22-19)15-18-9-11-20-12-10-18/h1-3,5-6,9-12,19H,4,7-8,13-16H2. The quantitative estimate of drug-likeness (QED) is 0.818. The lowest BCUT2D eigenvalue weighted by Gasteiger charge is -2.33. The second kappa shape index (κ2) is 8.06. The van der Waals surface area contributed by atoms with Crippen LogP contribution in [0.1, 0.15) is 24.0 Å². The Morgan fingerprint density at radius 1 is 1.05 bits per heavy atom. The SMILES string of the molecule is c1ccc(CCCC2CN(Cc3ccncc3)CCO2)cc1. The summed E-state index contributed by atoms with van der Waals surface area (Å²) in [6.45, 7) is 3.91.